The quantitative estimate of drug-likeness (QED) is 0.304. The van der Waals surface area contributed by atoms with E-state index in [0.717, 1.165) is 29.0 Å². The highest BCUT2D eigenvalue weighted by Crippen LogP contribution is 2.28. The first kappa shape index (κ1) is 19.7. The lowest BCUT2D eigenvalue weighted by Gasteiger charge is -2.10. The standard InChI is InChI=1S/C21H14FNO6S/c22-17-7-6-14(30(23,26)27)10-16(17)21(25)28-11-13-9-19(24)29-18-8-5-12-3-1-2-4-15(12)20(13)18/h1-10H,11H2,(H2,23,26,27). The molecule has 4 aromatic rings. The number of ether oxygens (including phenoxy) is 1. The summed E-state index contributed by atoms with van der Waals surface area (Å²) >= 11 is 0. The lowest BCUT2D eigenvalue weighted by atomic mass is 10.0. The van der Waals surface area contributed by atoms with Crippen molar-refractivity contribution in [2.45, 2.75) is 11.5 Å². The van der Waals surface area contributed by atoms with Gasteiger partial charge in [-0.05, 0) is 35.0 Å². The Balaban J connectivity index is 1.73. The summed E-state index contributed by atoms with van der Waals surface area (Å²) in [5.74, 6) is -2.06. The zero-order valence-electron chi connectivity index (χ0n) is 15.3. The maximum absolute atomic E-state index is 14.1. The van der Waals surface area contributed by atoms with E-state index in [2.05, 4.69) is 0 Å². The smallest absolute Gasteiger partial charge is 0.341 e. The van der Waals surface area contributed by atoms with Gasteiger partial charge in [0.05, 0.1) is 10.5 Å². The lowest BCUT2D eigenvalue weighted by Crippen LogP contribution is -2.15. The summed E-state index contributed by atoms with van der Waals surface area (Å²) in [6, 6.07) is 14.6. The van der Waals surface area contributed by atoms with Gasteiger partial charge in [0.1, 0.15) is 18.0 Å². The Morgan fingerprint density at radius 2 is 1.83 bits per heavy atom. The summed E-state index contributed by atoms with van der Waals surface area (Å²) in [6.07, 6.45) is 0. The zero-order chi connectivity index (χ0) is 21.5. The molecule has 0 fully saturated rings. The van der Waals surface area contributed by atoms with Crippen LogP contribution in [0.5, 0.6) is 0 Å². The van der Waals surface area contributed by atoms with E-state index in [-0.39, 0.29) is 6.61 Å². The van der Waals surface area contributed by atoms with Gasteiger partial charge in [-0.2, -0.15) is 0 Å². The molecule has 1 heterocycles. The van der Waals surface area contributed by atoms with E-state index in [4.69, 9.17) is 14.3 Å². The van der Waals surface area contributed by atoms with Crippen molar-refractivity contribution in [1.29, 1.82) is 0 Å². The molecule has 0 atom stereocenters. The molecule has 0 aliphatic rings. The summed E-state index contributed by atoms with van der Waals surface area (Å²) in [7, 11) is -4.13. The van der Waals surface area contributed by atoms with E-state index in [1.807, 2.05) is 24.3 Å². The summed E-state index contributed by atoms with van der Waals surface area (Å²) in [5.41, 5.74) is -0.533. The van der Waals surface area contributed by atoms with Gasteiger partial charge in [-0.3, -0.25) is 0 Å². The van der Waals surface area contributed by atoms with Crippen molar-refractivity contribution in [3.8, 4) is 0 Å². The van der Waals surface area contributed by atoms with Crippen LogP contribution in [0.3, 0.4) is 0 Å². The molecular weight excluding hydrogens is 413 g/mol. The van der Waals surface area contributed by atoms with Crippen molar-refractivity contribution >= 4 is 37.7 Å². The van der Waals surface area contributed by atoms with E-state index < -0.39 is 37.9 Å². The number of rotatable bonds is 4. The summed E-state index contributed by atoms with van der Waals surface area (Å²) in [6.45, 7) is -0.353. The normalized spacial score (nSPS) is 11.7. The van der Waals surface area contributed by atoms with E-state index >= 15 is 0 Å². The Bertz CT molecular complexity index is 1480. The highest BCUT2D eigenvalue weighted by molar-refractivity contribution is 7.89. The number of primary sulfonamides is 1. The first-order valence-electron chi connectivity index (χ1n) is 8.68. The minimum atomic E-state index is -4.13. The molecule has 0 amide bonds. The number of fused-ring (bicyclic) bond motifs is 3. The Labute approximate surface area is 169 Å². The predicted octanol–water partition coefficient (Wildman–Crippen LogP) is 3.09. The van der Waals surface area contributed by atoms with Gasteiger partial charge >= 0.3 is 11.6 Å². The third kappa shape index (κ3) is 3.68. The second-order valence-corrected chi connectivity index (χ2v) is 8.07. The Kier molecular flexibility index (Phi) is 4.84. The van der Waals surface area contributed by atoms with Crippen LogP contribution >= 0.6 is 0 Å². The fourth-order valence-corrected chi connectivity index (χ4v) is 3.73. The topological polar surface area (TPSA) is 117 Å². The molecule has 0 unspecified atom stereocenters. The number of benzene rings is 3. The maximum atomic E-state index is 14.1. The van der Waals surface area contributed by atoms with Crippen molar-refractivity contribution < 1.29 is 26.8 Å². The van der Waals surface area contributed by atoms with Crippen LogP contribution in [0.4, 0.5) is 4.39 Å². The molecule has 0 saturated heterocycles. The SMILES string of the molecule is NS(=O)(=O)c1ccc(F)c(C(=O)OCc2cc(=O)oc3ccc4ccccc4c23)c1. The van der Waals surface area contributed by atoms with Crippen LogP contribution < -0.4 is 10.8 Å². The molecule has 152 valence electrons. The largest absolute Gasteiger partial charge is 0.457 e. The van der Waals surface area contributed by atoms with Gasteiger partial charge in [-0.15, -0.1) is 0 Å². The molecule has 0 radical (unpaired) electrons. The predicted molar refractivity (Wildman–Crippen MR) is 107 cm³/mol. The van der Waals surface area contributed by atoms with E-state index in [1.54, 1.807) is 12.1 Å². The molecule has 0 saturated carbocycles. The number of carbonyl (C=O) groups excluding carboxylic acids is 1. The van der Waals surface area contributed by atoms with Gasteiger partial charge < -0.3 is 9.15 Å². The Hall–Kier alpha value is -3.56. The number of nitrogens with two attached hydrogens (primary N) is 1. The number of hydrogen-bond donors (Lipinski definition) is 1. The molecular formula is C21H14FNO6S. The zero-order valence-corrected chi connectivity index (χ0v) is 16.1. The molecule has 4 rings (SSSR count). The molecule has 30 heavy (non-hydrogen) atoms. The molecule has 0 aliphatic carbocycles. The van der Waals surface area contributed by atoms with Crippen molar-refractivity contribution in [2.75, 3.05) is 0 Å². The van der Waals surface area contributed by atoms with E-state index in [9.17, 15) is 22.4 Å². The van der Waals surface area contributed by atoms with Gasteiger partial charge in [-0.25, -0.2) is 27.5 Å². The maximum Gasteiger partial charge on any atom is 0.341 e. The molecule has 3 aromatic carbocycles. The Morgan fingerprint density at radius 1 is 1.07 bits per heavy atom. The van der Waals surface area contributed by atoms with Crippen LogP contribution in [0.2, 0.25) is 0 Å². The summed E-state index contributed by atoms with van der Waals surface area (Å²) in [4.78, 5) is 23.9. The number of esters is 1. The first-order valence-corrected chi connectivity index (χ1v) is 10.2. The van der Waals surface area contributed by atoms with Gasteiger partial charge in [0, 0.05) is 17.0 Å². The first-order chi connectivity index (χ1) is 14.2. The van der Waals surface area contributed by atoms with Crippen LogP contribution in [0, 0.1) is 5.82 Å². The third-order valence-corrected chi connectivity index (χ3v) is 5.47. The molecule has 0 aliphatic heterocycles. The minimum absolute atomic E-state index is 0.314. The Morgan fingerprint density at radius 3 is 2.60 bits per heavy atom. The monoisotopic (exact) mass is 427 g/mol. The minimum Gasteiger partial charge on any atom is -0.457 e. The van der Waals surface area contributed by atoms with Crippen molar-refractivity contribution in [2.24, 2.45) is 5.14 Å². The van der Waals surface area contributed by atoms with Gasteiger partial charge in [0.2, 0.25) is 10.0 Å². The van der Waals surface area contributed by atoms with E-state index in [1.165, 1.54) is 6.07 Å². The van der Waals surface area contributed by atoms with Crippen LogP contribution in [0.1, 0.15) is 15.9 Å². The van der Waals surface area contributed by atoms with Crippen molar-refractivity contribution in [3.63, 3.8) is 0 Å². The number of hydrogen-bond acceptors (Lipinski definition) is 6. The van der Waals surface area contributed by atoms with Gasteiger partial charge in [0.25, 0.3) is 0 Å². The van der Waals surface area contributed by atoms with Crippen molar-refractivity contribution in [3.05, 3.63) is 88.0 Å². The summed E-state index contributed by atoms with van der Waals surface area (Å²) < 4.78 is 47.4. The van der Waals surface area contributed by atoms with Crippen LogP contribution in [-0.4, -0.2) is 14.4 Å². The number of halogens is 1. The average Bonchev–Trinajstić information content (AvgIpc) is 2.70. The fourth-order valence-electron chi connectivity index (χ4n) is 3.19. The molecule has 0 bridgehead atoms. The van der Waals surface area contributed by atoms with Crippen LogP contribution in [0.15, 0.2) is 74.8 Å². The van der Waals surface area contributed by atoms with Crippen molar-refractivity contribution in [1.82, 2.24) is 0 Å². The lowest BCUT2D eigenvalue weighted by molar-refractivity contribution is 0.0468. The third-order valence-electron chi connectivity index (χ3n) is 4.56. The molecule has 1 aromatic heterocycles. The van der Waals surface area contributed by atoms with Gasteiger partial charge in [0.15, 0.2) is 0 Å². The molecule has 9 heteroatoms. The number of sulfonamides is 1. The molecule has 0 spiro atoms. The second kappa shape index (κ2) is 7.36. The summed E-state index contributed by atoms with van der Waals surface area (Å²) in [5, 5.41) is 7.28. The average molecular weight is 427 g/mol. The fraction of sp³-hybridized carbons (Fsp3) is 0.0476. The van der Waals surface area contributed by atoms with E-state index in [0.29, 0.717) is 16.5 Å². The molecule has 2 N–H and O–H groups in total. The number of carbonyl (C=O) groups is 1. The molecule has 7 nitrogen and oxygen atoms in total. The van der Waals surface area contributed by atoms with Crippen LogP contribution in [0.25, 0.3) is 21.7 Å². The second-order valence-electron chi connectivity index (χ2n) is 6.51. The van der Waals surface area contributed by atoms with Crippen LogP contribution in [-0.2, 0) is 21.4 Å². The van der Waals surface area contributed by atoms with Gasteiger partial charge in [-0.1, -0.05) is 30.3 Å². The highest BCUT2D eigenvalue weighted by atomic mass is 32.2. The highest BCUT2D eigenvalue weighted by Gasteiger charge is 2.19.